The third-order valence-corrected chi connectivity index (χ3v) is 3.65. The maximum atomic E-state index is 2.39. The second kappa shape index (κ2) is 4.15. The van der Waals surface area contributed by atoms with Crippen molar-refractivity contribution in [1.82, 2.24) is 4.90 Å². The zero-order valence-electron chi connectivity index (χ0n) is 12.5. The van der Waals surface area contributed by atoms with E-state index in [1.54, 1.807) is 0 Å². The van der Waals surface area contributed by atoms with Gasteiger partial charge in [-0.15, -0.1) is 0 Å². The Balaban J connectivity index is 2.33. The van der Waals surface area contributed by atoms with E-state index in [9.17, 15) is 0 Å². The first kappa shape index (κ1) is 13.2. The molecule has 0 fully saturated rings. The van der Waals surface area contributed by atoms with Gasteiger partial charge in [0, 0.05) is 18.3 Å². The van der Waals surface area contributed by atoms with Crippen LogP contribution in [0.3, 0.4) is 0 Å². The number of rotatable bonds is 0. The number of benzene rings is 1. The Morgan fingerprint density at radius 2 is 1.67 bits per heavy atom. The molecule has 0 unspecified atom stereocenters. The van der Waals surface area contributed by atoms with E-state index in [4.69, 9.17) is 0 Å². The maximum absolute atomic E-state index is 2.39. The first-order valence-corrected chi connectivity index (χ1v) is 6.76. The summed E-state index contributed by atoms with van der Waals surface area (Å²) in [7, 11) is 0. The molecule has 1 aliphatic rings. The molecule has 0 saturated heterocycles. The third-order valence-electron chi connectivity index (χ3n) is 3.65. The lowest BCUT2D eigenvalue weighted by Gasteiger charge is -2.37. The first-order valence-electron chi connectivity index (χ1n) is 6.76. The minimum absolute atomic E-state index is 0.191. The normalized spacial score (nSPS) is 15.8. The fourth-order valence-electron chi connectivity index (χ4n) is 2.23. The van der Waals surface area contributed by atoms with Gasteiger partial charge in [0.15, 0.2) is 0 Å². The van der Waals surface area contributed by atoms with Gasteiger partial charge in [-0.3, -0.25) is 0 Å². The van der Waals surface area contributed by atoms with E-state index in [0.29, 0.717) is 0 Å². The van der Waals surface area contributed by atoms with Crippen LogP contribution in [0.25, 0.3) is 6.08 Å². The minimum Gasteiger partial charge on any atom is -0.368 e. The lowest BCUT2D eigenvalue weighted by molar-refractivity contribution is 0.196. The molecule has 0 N–H and O–H groups in total. The minimum atomic E-state index is 0.191. The molecule has 1 aromatic rings. The average molecular weight is 243 g/mol. The van der Waals surface area contributed by atoms with Gasteiger partial charge in [-0.05, 0) is 49.0 Å². The summed E-state index contributed by atoms with van der Waals surface area (Å²) in [4.78, 5) is 2.39. The van der Waals surface area contributed by atoms with E-state index in [-0.39, 0.29) is 11.0 Å². The van der Waals surface area contributed by atoms with Crippen LogP contribution in [0, 0.1) is 0 Å². The molecule has 0 aromatic heterocycles. The van der Waals surface area contributed by atoms with Gasteiger partial charge in [-0.25, -0.2) is 0 Å². The van der Waals surface area contributed by atoms with Crippen molar-refractivity contribution < 1.29 is 0 Å². The van der Waals surface area contributed by atoms with Crippen LogP contribution >= 0.6 is 0 Å². The number of hydrogen-bond donors (Lipinski definition) is 0. The summed E-state index contributed by atoms with van der Waals surface area (Å²) in [6, 6.07) is 6.91. The molecule has 18 heavy (non-hydrogen) atoms. The van der Waals surface area contributed by atoms with Crippen molar-refractivity contribution in [3.8, 4) is 0 Å². The molecule has 1 aliphatic heterocycles. The standard InChI is InChI=1S/C17H25N/c1-16(2,3)15-8-7-14-12-18(17(4,5)6)10-9-13(14)11-15/h7-11H,12H2,1-6H3. The van der Waals surface area contributed by atoms with E-state index in [0.717, 1.165) is 6.54 Å². The molecule has 1 aromatic carbocycles. The van der Waals surface area contributed by atoms with Crippen molar-refractivity contribution in [2.45, 2.75) is 59.0 Å². The highest BCUT2D eigenvalue weighted by atomic mass is 15.2. The lowest BCUT2D eigenvalue weighted by atomic mass is 9.84. The van der Waals surface area contributed by atoms with E-state index < -0.39 is 0 Å². The van der Waals surface area contributed by atoms with Gasteiger partial charge in [-0.1, -0.05) is 39.0 Å². The summed E-state index contributed by atoms with van der Waals surface area (Å²) in [5, 5.41) is 0. The molecule has 1 heteroatoms. The fraction of sp³-hybridized carbons (Fsp3) is 0.529. The largest absolute Gasteiger partial charge is 0.368 e. The number of fused-ring (bicyclic) bond motifs is 1. The Labute approximate surface area is 112 Å². The Morgan fingerprint density at radius 3 is 2.22 bits per heavy atom. The molecule has 0 bridgehead atoms. The van der Waals surface area contributed by atoms with Crippen molar-refractivity contribution in [2.75, 3.05) is 0 Å². The summed E-state index contributed by atoms with van der Waals surface area (Å²) in [6.07, 6.45) is 4.48. The molecule has 0 amide bonds. The van der Waals surface area contributed by atoms with Gasteiger partial charge in [0.05, 0.1) is 0 Å². The molecule has 0 atom stereocenters. The summed E-state index contributed by atoms with van der Waals surface area (Å²) >= 11 is 0. The molecule has 0 spiro atoms. The molecule has 1 heterocycles. The van der Waals surface area contributed by atoms with Crippen molar-refractivity contribution in [2.24, 2.45) is 0 Å². The Hall–Kier alpha value is -1.24. The molecule has 0 radical (unpaired) electrons. The summed E-state index contributed by atoms with van der Waals surface area (Å²) < 4.78 is 0. The number of hydrogen-bond acceptors (Lipinski definition) is 1. The third kappa shape index (κ3) is 2.60. The second-order valence-electron chi connectivity index (χ2n) is 7.28. The van der Waals surface area contributed by atoms with Gasteiger partial charge in [0.1, 0.15) is 0 Å². The monoisotopic (exact) mass is 243 g/mol. The van der Waals surface area contributed by atoms with Crippen LogP contribution in [0.2, 0.25) is 0 Å². The maximum Gasteiger partial charge on any atom is 0.0435 e. The van der Waals surface area contributed by atoms with Crippen LogP contribution in [0.5, 0.6) is 0 Å². The van der Waals surface area contributed by atoms with Crippen LogP contribution in [-0.4, -0.2) is 10.4 Å². The van der Waals surface area contributed by atoms with Gasteiger partial charge in [-0.2, -0.15) is 0 Å². The SMILES string of the molecule is CC(C)(C)c1ccc2c(c1)C=CN(C(C)(C)C)C2. The van der Waals surface area contributed by atoms with Gasteiger partial charge in [0.2, 0.25) is 0 Å². The predicted molar refractivity (Wildman–Crippen MR) is 79.5 cm³/mol. The first-order chi connectivity index (χ1) is 8.18. The van der Waals surface area contributed by atoms with Crippen LogP contribution in [0.15, 0.2) is 24.4 Å². The second-order valence-corrected chi connectivity index (χ2v) is 7.28. The van der Waals surface area contributed by atoms with Gasteiger partial charge in [0.25, 0.3) is 0 Å². The molecule has 2 rings (SSSR count). The van der Waals surface area contributed by atoms with E-state index in [2.05, 4.69) is 76.9 Å². The van der Waals surface area contributed by atoms with Crippen molar-refractivity contribution >= 4 is 6.08 Å². The predicted octanol–water partition coefficient (Wildman–Crippen LogP) is 4.57. The zero-order chi connectivity index (χ0) is 13.6. The highest BCUT2D eigenvalue weighted by Gasteiger charge is 2.22. The van der Waals surface area contributed by atoms with Gasteiger partial charge < -0.3 is 4.90 Å². The molecule has 0 saturated carbocycles. The lowest BCUT2D eigenvalue weighted by Crippen LogP contribution is -2.37. The van der Waals surface area contributed by atoms with Crippen LogP contribution in [-0.2, 0) is 12.0 Å². The molecule has 1 nitrogen and oxygen atoms in total. The summed E-state index contributed by atoms with van der Waals surface area (Å²) in [5.41, 5.74) is 4.64. The van der Waals surface area contributed by atoms with E-state index >= 15 is 0 Å². The highest BCUT2D eigenvalue weighted by molar-refractivity contribution is 5.57. The quantitative estimate of drug-likeness (QED) is 0.645. The van der Waals surface area contributed by atoms with Gasteiger partial charge >= 0.3 is 0 Å². The fourth-order valence-corrected chi connectivity index (χ4v) is 2.23. The van der Waals surface area contributed by atoms with Crippen molar-refractivity contribution in [3.05, 3.63) is 41.1 Å². The zero-order valence-corrected chi connectivity index (χ0v) is 12.5. The van der Waals surface area contributed by atoms with Crippen LogP contribution in [0.4, 0.5) is 0 Å². The Morgan fingerprint density at radius 1 is 1.00 bits per heavy atom. The Kier molecular flexibility index (Phi) is 3.04. The van der Waals surface area contributed by atoms with E-state index in [1.165, 1.54) is 16.7 Å². The summed E-state index contributed by atoms with van der Waals surface area (Å²) in [5.74, 6) is 0. The summed E-state index contributed by atoms with van der Waals surface area (Å²) in [6.45, 7) is 14.6. The van der Waals surface area contributed by atoms with Crippen molar-refractivity contribution in [3.63, 3.8) is 0 Å². The van der Waals surface area contributed by atoms with E-state index in [1.807, 2.05) is 0 Å². The molecular weight excluding hydrogens is 218 g/mol. The van der Waals surface area contributed by atoms with Crippen LogP contribution < -0.4 is 0 Å². The van der Waals surface area contributed by atoms with Crippen LogP contribution in [0.1, 0.15) is 58.2 Å². The molecular formula is C17H25N. The average Bonchev–Trinajstić information content (AvgIpc) is 2.25. The van der Waals surface area contributed by atoms with Crippen molar-refractivity contribution in [1.29, 1.82) is 0 Å². The topological polar surface area (TPSA) is 3.24 Å². The molecule has 98 valence electrons. The number of nitrogens with zero attached hydrogens (tertiary/aromatic N) is 1. The molecule has 0 aliphatic carbocycles. The smallest absolute Gasteiger partial charge is 0.0435 e. The Bertz CT molecular complexity index is 469. The highest BCUT2D eigenvalue weighted by Crippen LogP contribution is 2.30.